The second-order valence-corrected chi connectivity index (χ2v) is 3.12. The van der Waals surface area contributed by atoms with Crippen molar-refractivity contribution in [2.24, 2.45) is 0 Å². The number of nitrogens with one attached hydrogen (secondary N) is 1. The molecule has 0 unspecified atom stereocenters. The second kappa shape index (κ2) is 5.54. The maximum absolute atomic E-state index is 11.1. The Kier molecular flexibility index (Phi) is 4.10. The summed E-state index contributed by atoms with van der Waals surface area (Å²) in [5.74, 6) is -2.40. The van der Waals surface area contributed by atoms with Crippen LogP contribution in [0.25, 0.3) is 0 Å². The number of ether oxygens (including phenoxy) is 2. The van der Waals surface area contributed by atoms with Crippen molar-refractivity contribution in [1.82, 2.24) is 0 Å². The van der Waals surface area contributed by atoms with E-state index in [4.69, 9.17) is 19.8 Å². The topological polar surface area (TPSA) is 109 Å². The van der Waals surface area contributed by atoms with Crippen molar-refractivity contribution >= 4 is 17.6 Å². The molecule has 0 aliphatic heterocycles. The van der Waals surface area contributed by atoms with Gasteiger partial charge < -0.3 is 19.9 Å². The Hall–Kier alpha value is -2.75. The number of carboxylic acid groups (broad SMARTS) is 1. The van der Waals surface area contributed by atoms with Crippen LogP contribution < -0.4 is 14.8 Å². The Labute approximate surface area is 103 Å². The monoisotopic (exact) mass is 250 g/mol. The molecule has 0 aliphatic carbocycles. The van der Waals surface area contributed by atoms with Crippen LogP contribution in [0.3, 0.4) is 0 Å². The van der Waals surface area contributed by atoms with Crippen molar-refractivity contribution in [2.75, 3.05) is 19.5 Å². The third-order valence-corrected chi connectivity index (χ3v) is 2.09. The Bertz CT molecular complexity index is 533. The number of nitrogens with zero attached hydrogens (tertiary/aromatic N) is 1. The molecule has 0 saturated carbocycles. The van der Waals surface area contributed by atoms with Gasteiger partial charge in [0.25, 0.3) is 0 Å². The first-order valence-electron chi connectivity index (χ1n) is 4.73. The van der Waals surface area contributed by atoms with E-state index in [2.05, 4.69) is 5.32 Å². The lowest BCUT2D eigenvalue weighted by Gasteiger charge is -2.11. The van der Waals surface area contributed by atoms with Crippen LogP contribution in [0.2, 0.25) is 0 Å². The molecule has 7 heteroatoms. The average molecular weight is 250 g/mol. The molecule has 1 amide bonds. The number of amides is 1. The Balaban J connectivity index is 3.28. The van der Waals surface area contributed by atoms with Gasteiger partial charge in [-0.05, 0) is 0 Å². The first-order valence-corrected chi connectivity index (χ1v) is 4.73. The maximum Gasteiger partial charge on any atom is 0.394 e. The summed E-state index contributed by atoms with van der Waals surface area (Å²) >= 11 is 0. The SMILES string of the molecule is COc1cc(NC(=O)C(=O)O)c(C#N)c(OC)c1. The maximum atomic E-state index is 11.1. The Morgan fingerprint density at radius 1 is 1.33 bits per heavy atom. The summed E-state index contributed by atoms with van der Waals surface area (Å²) in [5, 5.41) is 19.6. The molecule has 0 aliphatic rings. The molecule has 0 radical (unpaired) electrons. The molecular formula is C11H10N2O5. The van der Waals surface area contributed by atoms with Gasteiger partial charge in [-0.25, -0.2) is 4.79 Å². The highest BCUT2D eigenvalue weighted by Crippen LogP contribution is 2.31. The summed E-state index contributed by atoms with van der Waals surface area (Å²) < 4.78 is 9.91. The molecule has 7 nitrogen and oxygen atoms in total. The van der Waals surface area contributed by atoms with Crippen LogP contribution in [0, 0.1) is 11.3 Å². The zero-order valence-corrected chi connectivity index (χ0v) is 9.68. The number of aliphatic carboxylic acids is 1. The molecule has 0 heterocycles. The minimum atomic E-state index is -1.65. The summed E-state index contributed by atoms with van der Waals surface area (Å²) in [7, 11) is 2.74. The van der Waals surface area contributed by atoms with E-state index in [0.717, 1.165) is 0 Å². The summed E-state index contributed by atoms with van der Waals surface area (Å²) in [5.41, 5.74) is 0.0361. The van der Waals surface area contributed by atoms with Crippen molar-refractivity contribution < 1.29 is 24.2 Å². The second-order valence-electron chi connectivity index (χ2n) is 3.12. The number of anilines is 1. The highest BCUT2D eigenvalue weighted by atomic mass is 16.5. The van der Waals surface area contributed by atoms with E-state index in [-0.39, 0.29) is 17.0 Å². The number of methoxy groups -OCH3 is 2. The van der Waals surface area contributed by atoms with Gasteiger partial charge in [0, 0.05) is 12.1 Å². The van der Waals surface area contributed by atoms with Gasteiger partial charge in [-0.1, -0.05) is 0 Å². The molecular weight excluding hydrogens is 240 g/mol. The van der Waals surface area contributed by atoms with E-state index < -0.39 is 11.9 Å². The van der Waals surface area contributed by atoms with Gasteiger partial charge in [0.05, 0.1) is 19.9 Å². The van der Waals surface area contributed by atoms with Gasteiger partial charge in [-0.2, -0.15) is 5.26 Å². The van der Waals surface area contributed by atoms with Crippen LogP contribution in [0.1, 0.15) is 5.56 Å². The number of carbonyl (C=O) groups is 2. The minimum Gasteiger partial charge on any atom is -0.497 e. The molecule has 94 valence electrons. The summed E-state index contributed by atoms with van der Waals surface area (Å²) in [4.78, 5) is 21.5. The zero-order chi connectivity index (χ0) is 13.7. The van der Waals surface area contributed by atoms with E-state index in [9.17, 15) is 9.59 Å². The standard InChI is InChI=1S/C11H10N2O5/c1-17-6-3-8(13-10(14)11(15)16)7(5-12)9(4-6)18-2/h3-4H,1-2H3,(H,13,14)(H,15,16). The van der Waals surface area contributed by atoms with Crippen molar-refractivity contribution in [3.63, 3.8) is 0 Å². The van der Waals surface area contributed by atoms with Crippen molar-refractivity contribution in [3.05, 3.63) is 17.7 Å². The van der Waals surface area contributed by atoms with Crippen LogP contribution in [0.15, 0.2) is 12.1 Å². The van der Waals surface area contributed by atoms with Crippen LogP contribution in [0.4, 0.5) is 5.69 Å². The number of rotatable bonds is 3. The quantitative estimate of drug-likeness (QED) is 0.760. The number of hydrogen-bond acceptors (Lipinski definition) is 5. The number of nitriles is 1. The van der Waals surface area contributed by atoms with Crippen LogP contribution >= 0.6 is 0 Å². The summed E-state index contributed by atoms with van der Waals surface area (Å²) in [6.45, 7) is 0. The van der Waals surface area contributed by atoms with Gasteiger partial charge in [-0.3, -0.25) is 4.79 Å². The van der Waals surface area contributed by atoms with Crippen molar-refractivity contribution in [3.8, 4) is 17.6 Å². The molecule has 0 aromatic heterocycles. The van der Waals surface area contributed by atoms with Crippen LogP contribution in [-0.4, -0.2) is 31.2 Å². The smallest absolute Gasteiger partial charge is 0.394 e. The number of benzene rings is 1. The van der Waals surface area contributed by atoms with Crippen LogP contribution in [-0.2, 0) is 9.59 Å². The molecule has 0 atom stereocenters. The Morgan fingerprint density at radius 3 is 2.44 bits per heavy atom. The highest BCUT2D eigenvalue weighted by Gasteiger charge is 2.17. The fraction of sp³-hybridized carbons (Fsp3) is 0.182. The number of carboxylic acids is 1. The van der Waals surface area contributed by atoms with Gasteiger partial charge in [0.1, 0.15) is 23.1 Å². The van der Waals surface area contributed by atoms with E-state index >= 15 is 0 Å². The summed E-state index contributed by atoms with van der Waals surface area (Å²) in [6.07, 6.45) is 0. The van der Waals surface area contributed by atoms with Gasteiger partial charge in [0.2, 0.25) is 0 Å². The molecule has 2 N–H and O–H groups in total. The molecule has 1 rings (SSSR count). The Morgan fingerprint density at radius 2 is 2.00 bits per heavy atom. The largest absolute Gasteiger partial charge is 0.497 e. The van der Waals surface area contributed by atoms with Crippen LogP contribution in [0.5, 0.6) is 11.5 Å². The lowest BCUT2D eigenvalue weighted by Crippen LogP contribution is -2.22. The third-order valence-electron chi connectivity index (χ3n) is 2.09. The molecule has 18 heavy (non-hydrogen) atoms. The van der Waals surface area contributed by atoms with Gasteiger partial charge in [0.15, 0.2) is 0 Å². The molecule has 1 aromatic carbocycles. The normalized spacial score (nSPS) is 9.17. The van der Waals surface area contributed by atoms with E-state index in [1.165, 1.54) is 26.4 Å². The fourth-order valence-electron chi connectivity index (χ4n) is 1.26. The summed E-state index contributed by atoms with van der Waals surface area (Å²) in [6, 6.07) is 4.61. The third kappa shape index (κ3) is 2.68. The lowest BCUT2D eigenvalue weighted by atomic mass is 10.1. The van der Waals surface area contributed by atoms with E-state index in [0.29, 0.717) is 5.75 Å². The number of hydrogen-bond donors (Lipinski definition) is 2. The van der Waals surface area contributed by atoms with Gasteiger partial charge >= 0.3 is 11.9 Å². The van der Waals surface area contributed by atoms with Gasteiger partial charge in [-0.15, -0.1) is 0 Å². The molecule has 0 spiro atoms. The van der Waals surface area contributed by atoms with E-state index in [1.54, 1.807) is 0 Å². The predicted octanol–water partition coefficient (Wildman–Crippen LogP) is 0.599. The van der Waals surface area contributed by atoms with Crippen molar-refractivity contribution in [2.45, 2.75) is 0 Å². The van der Waals surface area contributed by atoms with E-state index in [1.807, 2.05) is 6.07 Å². The predicted molar refractivity (Wildman–Crippen MR) is 60.5 cm³/mol. The van der Waals surface area contributed by atoms with Crippen molar-refractivity contribution in [1.29, 1.82) is 5.26 Å². The molecule has 0 saturated heterocycles. The molecule has 0 fully saturated rings. The minimum absolute atomic E-state index is 0.0149. The fourth-order valence-corrected chi connectivity index (χ4v) is 1.26. The average Bonchev–Trinajstić information content (AvgIpc) is 2.37. The highest BCUT2D eigenvalue weighted by molar-refractivity contribution is 6.36. The first-order chi connectivity index (χ1) is 8.53. The first kappa shape index (κ1) is 13.3. The molecule has 1 aromatic rings. The molecule has 0 bridgehead atoms. The number of carbonyl (C=O) groups excluding carboxylic acids is 1. The zero-order valence-electron chi connectivity index (χ0n) is 9.68. The lowest BCUT2D eigenvalue weighted by molar-refractivity contribution is -0.147.